The Hall–Kier alpha value is -0.440. The second-order valence-corrected chi connectivity index (χ2v) is 3.93. The van der Waals surface area contributed by atoms with Gasteiger partial charge in [0.2, 0.25) is 6.41 Å². The fraction of sp³-hybridized carbons (Fsp3) is 0.667. The number of rotatable bonds is 1. The van der Waals surface area contributed by atoms with Gasteiger partial charge in [-0.2, -0.15) is 0 Å². The highest BCUT2D eigenvalue weighted by atomic mass is 32.2. The Kier molecular flexibility index (Phi) is 4.92. The van der Waals surface area contributed by atoms with Gasteiger partial charge in [0.15, 0.2) is 0 Å². The van der Waals surface area contributed by atoms with Crippen LogP contribution in [0.4, 0.5) is 0 Å². The summed E-state index contributed by atoms with van der Waals surface area (Å²) in [4.78, 5) is 12.2. The molecule has 1 aliphatic rings. The molecule has 2 nitrogen and oxygen atoms in total. The van der Waals surface area contributed by atoms with Crippen LogP contribution < -0.4 is 0 Å². The molecule has 0 saturated carbocycles. The van der Waals surface area contributed by atoms with Crippen LogP contribution in [0.5, 0.6) is 0 Å². The van der Waals surface area contributed by atoms with Gasteiger partial charge < -0.3 is 4.90 Å². The first kappa shape index (κ1) is 9.65. The molecule has 1 aliphatic heterocycles. The van der Waals surface area contributed by atoms with E-state index in [0.29, 0.717) is 0 Å². The lowest BCUT2D eigenvalue weighted by Crippen LogP contribution is -2.16. The maximum Gasteiger partial charge on any atom is 0.213 e. The second kappa shape index (κ2) is 6.12. The molecule has 0 aromatic rings. The fourth-order valence-electron chi connectivity index (χ4n) is 1.18. The molecule has 0 aromatic carbocycles. The summed E-state index contributed by atoms with van der Waals surface area (Å²) in [6, 6.07) is 0. The molecule has 1 amide bonds. The molecule has 0 saturated heterocycles. The van der Waals surface area contributed by atoms with Crippen LogP contribution in [0.3, 0.4) is 0 Å². The van der Waals surface area contributed by atoms with Crippen molar-refractivity contribution in [3.05, 3.63) is 11.6 Å². The first-order chi connectivity index (χ1) is 5.93. The zero-order valence-electron chi connectivity index (χ0n) is 7.24. The molecule has 0 fully saturated rings. The van der Waals surface area contributed by atoms with Gasteiger partial charge in [-0.25, -0.2) is 0 Å². The highest BCUT2D eigenvalue weighted by molar-refractivity contribution is 8.02. The average molecular weight is 185 g/mol. The molecule has 68 valence electrons. The number of nitrogens with zero attached hydrogens (tertiary/aromatic N) is 1. The van der Waals surface area contributed by atoms with Crippen LogP contribution in [-0.2, 0) is 4.79 Å². The number of amides is 1. The van der Waals surface area contributed by atoms with Gasteiger partial charge in [-0.1, -0.05) is 12.8 Å². The molecule has 0 aromatic heterocycles. The van der Waals surface area contributed by atoms with Crippen LogP contribution in [0, 0.1) is 0 Å². The smallest absolute Gasteiger partial charge is 0.213 e. The van der Waals surface area contributed by atoms with E-state index in [1.165, 1.54) is 25.0 Å². The van der Waals surface area contributed by atoms with Gasteiger partial charge in [-0.3, -0.25) is 4.79 Å². The van der Waals surface area contributed by atoms with E-state index in [-0.39, 0.29) is 0 Å². The van der Waals surface area contributed by atoms with E-state index in [2.05, 4.69) is 0 Å². The minimum atomic E-state index is 0.876. The standard InChI is InChI=1S/C9H15NOS/c11-9-10-5-3-1-2-4-7-12-8-6-10/h6,8-9H,1-5,7H2/b8-6-. The zero-order valence-corrected chi connectivity index (χ0v) is 8.05. The van der Waals surface area contributed by atoms with Gasteiger partial charge in [-0.05, 0) is 24.0 Å². The summed E-state index contributed by atoms with van der Waals surface area (Å²) in [5.74, 6) is 1.18. The van der Waals surface area contributed by atoms with E-state index < -0.39 is 0 Å². The Labute approximate surface area is 78.0 Å². The number of thioether (sulfide) groups is 1. The Bertz CT molecular complexity index is 159. The molecule has 0 bridgehead atoms. The quantitative estimate of drug-likeness (QED) is 0.584. The van der Waals surface area contributed by atoms with Gasteiger partial charge in [0.05, 0.1) is 0 Å². The Morgan fingerprint density at radius 1 is 1.25 bits per heavy atom. The van der Waals surface area contributed by atoms with Crippen molar-refractivity contribution in [3.8, 4) is 0 Å². The predicted octanol–water partition coefficient (Wildman–Crippen LogP) is 2.22. The molecule has 1 rings (SSSR count). The fourth-order valence-corrected chi connectivity index (χ4v) is 1.93. The zero-order chi connectivity index (χ0) is 8.65. The van der Waals surface area contributed by atoms with Crippen molar-refractivity contribution in [2.45, 2.75) is 25.7 Å². The largest absolute Gasteiger partial charge is 0.321 e. The van der Waals surface area contributed by atoms with Crippen molar-refractivity contribution >= 4 is 18.2 Å². The summed E-state index contributed by atoms with van der Waals surface area (Å²) in [5, 5.41) is 2.01. The van der Waals surface area contributed by atoms with Gasteiger partial charge in [0, 0.05) is 12.7 Å². The van der Waals surface area contributed by atoms with Gasteiger partial charge in [0.1, 0.15) is 0 Å². The molecule has 0 unspecified atom stereocenters. The monoisotopic (exact) mass is 185 g/mol. The van der Waals surface area contributed by atoms with E-state index in [1.54, 1.807) is 16.7 Å². The minimum absolute atomic E-state index is 0.876. The van der Waals surface area contributed by atoms with E-state index in [1.807, 2.05) is 11.6 Å². The van der Waals surface area contributed by atoms with Crippen LogP contribution in [0.1, 0.15) is 25.7 Å². The second-order valence-electron chi connectivity index (χ2n) is 2.91. The maximum absolute atomic E-state index is 10.5. The van der Waals surface area contributed by atoms with E-state index >= 15 is 0 Å². The number of hydrogen-bond donors (Lipinski definition) is 0. The number of carbonyl (C=O) groups excluding carboxylic acids is 1. The third kappa shape index (κ3) is 3.81. The number of hydrogen-bond acceptors (Lipinski definition) is 2. The third-order valence-corrected chi connectivity index (χ3v) is 2.75. The molecular formula is C9H15NOS. The van der Waals surface area contributed by atoms with Gasteiger partial charge in [0.25, 0.3) is 0 Å². The summed E-state index contributed by atoms with van der Waals surface area (Å²) in [6.07, 6.45) is 7.76. The molecule has 0 aliphatic carbocycles. The summed E-state index contributed by atoms with van der Waals surface area (Å²) < 4.78 is 0. The van der Waals surface area contributed by atoms with Crippen molar-refractivity contribution in [2.24, 2.45) is 0 Å². The van der Waals surface area contributed by atoms with Crippen LogP contribution in [0.2, 0.25) is 0 Å². The summed E-state index contributed by atoms with van der Waals surface area (Å²) in [5.41, 5.74) is 0. The Morgan fingerprint density at radius 3 is 2.92 bits per heavy atom. The first-order valence-electron chi connectivity index (χ1n) is 4.43. The highest BCUT2D eigenvalue weighted by Gasteiger charge is 1.98. The molecule has 1 heterocycles. The normalized spacial score (nSPS) is 23.2. The molecule has 12 heavy (non-hydrogen) atoms. The first-order valence-corrected chi connectivity index (χ1v) is 5.47. The topological polar surface area (TPSA) is 20.3 Å². The van der Waals surface area contributed by atoms with E-state index in [0.717, 1.165) is 19.4 Å². The highest BCUT2D eigenvalue weighted by Crippen LogP contribution is 2.11. The van der Waals surface area contributed by atoms with Gasteiger partial charge in [-0.15, -0.1) is 11.8 Å². The summed E-state index contributed by atoms with van der Waals surface area (Å²) >= 11 is 1.79. The van der Waals surface area contributed by atoms with Crippen molar-refractivity contribution < 1.29 is 4.79 Å². The van der Waals surface area contributed by atoms with Crippen molar-refractivity contribution in [1.82, 2.24) is 4.90 Å². The molecule has 0 spiro atoms. The SMILES string of the molecule is O=CN1/C=C\SCCCCCC1. The molecule has 0 radical (unpaired) electrons. The average Bonchev–Trinajstić information content (AvgIpc) is 2.14. The molecule has 0 atom stereocenters. The lowest BCUT2D eigenvalue weighted by Gasteiger charge is -2.12. The van der Waals surface area contributed by atoms with Crippen LogP contribution in [0.25, 0.3) is 0 Å². The molecule has 3 heteroatoms. The van der Waals surface area contributed by atoms with Crippen LogP contribution in [0.15, 0.2) is 11.6 Å². The van der Waals surface area contributed by atoms with Gasteiger partial charge >= 0.3 is 0 Å². The number of carbonyl (C=O) groups is 1. The predicted molar refractivity (Wildman–Crippen MR) is 52.8 cm³/mol. The molecule has 0 N–H and O–H groups in total. The minimum Gasteiger partial charge on any atom is -0.321 e. The van der Waals surface area contributed by atoms with Crippen LogP contribution in [-0.4, -0.2) is 23.6 Å². The lowest BCUT2D eigenvalue weighted by molar-refractivity contribution is -0.115. The summed E-state index contributed by atoms with van der Waals surface area (Å²) in [7, 11) is 0. The Balaban J connectivity index is 2.35. The van der Waals surface area contributed by atoms with Crippen molar-refractivity contribution in [3.63, 3.8) is 0 Å². The van der Waals surface area contributed by atoms with Crippen molar-refractivity contribution in [1.29, 1.82) is 0 Å². The summed E-state index contributed by atoms with van der Waals surface area (Å²) in [6.45, 7) is 0.876. The van der Waals surface area contributed by atoms with E-state index in [9.17, 15) is 4.79 Å². The van der Waals surface area contributed by atoms with Crippen LogP contribution >= 0.6 is 11.8 Å². The lowest BCUT2D eigenvalue weighted by atomic mass is 10.2. The Morgan fingerprint density at radius 2 is 2.08 bits per heavy atom. The third-order valence-electron chi connectivity index (χ3n) is 1.91. The van der Waals surface area contributed by atoms with Crippen molar-refractivity contribution in [2.75, 3.05) is 12.3 Å². The van der Waals surface area contributed by atoms with E-state index in [4.69, 9.17) is 0 Å². The maximum atomic E-state index is 10.5. The molecular weight excluding hydrogens is 170 g/mol.